The zero-order valence-electron chi connectivity index (χ0n) is 17.1. The number of amides is 2. The molecule has 8 heteroatoms. The fraction of sp³-hybridized carbons (Fsp3) is 0.364. The minimum absolute atomic E-state index is 0.112. The fourth-order valence-electron chi connectivity index (χ4n) is 3.21. The molecule has 2 aromatic carbocycles. The van der Waals surface area contributed by atoms with Crippen LogP contribution in [-0.2, 0) is 25.8 Å². The number of hydrogen-bond donors (Lipinski definition) is 2. The molecule has 6 nitrogen and oxygen atoms in total. The summed E-state index contributed by atoms with van der Waals surface area (Å²) in [5.74, 6) is -1.38. The van der Waals surface area contributed by atoms with Crippen molar-refractivity contribution < 1.29 is 18.0 Å². The largest absolute Gasteiger partial charge is 0.356 e. The molecule has 0 bridgehead atoms. The molecule has 30 heavy (non-hydrogen) atoms. The minimum Gasteiger partial charge on any atom is -0.356 e. The predicted molar refractivity (Wildman–Crippen MR) is 119 cm³/mol. The summed E-state index contributed by atoms with van der Waals surface area (Å²) in [4.78, 5) is 25.2. The lowest BCUT2D eigenvalue weighted by molar-refractivity contribution is -0.123. The number of thioether (sulfide) groups is 1. The third-order valence-electron chi connectivity index (χ3n) is 4.94. The van der Waals surface area contributed by atoms with Crippen molar-refractivity contribution in [1.82, 2.24) is 5.32 Å². The number of rotatable bonds is 8. The average Bonchev–Trinajstić information content (AvgIpc) is 2.72. The lowest BCUT2D eigenvalue weighted by Crippen LogP contribution is -2.34. The molecule has 0 aliphatic carbocycles. The summed E-state index contributed by atoms with van der Waals surface area (Å²) in [5.41, 5.74) is 1.71. The van der Waals surface area contributed by atoms with Crippen molar-refractivity contribution in [3.63, 3.8) is 0 Å². The Morgan fingerprint density at radius 3 is 2.67 bits per heavy atom. The van der Waals surface area contributed by atoms with Crippen molar-refractivity contribution >= 4 is 39.1 Å². The zero-order chi connectivity index (χ0) is 21.7. The van der Waals surface area contributed by atoms with Gasteiger partial charge in [0.2, 0.25) is 11.8 Å². The smallest absolute Gasteiger partial charge is 0.237 e. The van der Waals surface area contributed by atoms with Crippen LogP contribution in [0.15, 0.2) is 58.3 Å². The quantitative estimate of drug-likeness (QED) is 0.607. The standard InChI is InChI=1S/C22H26N2O4S2/c1-15(21(25)23-12-6-9-17-7-4-3-5-8-17)14-30(27,28)18-10-11-20-19(13-18)24-22(26)16(2)29-20/h3-5,7-8,10-11,13,15-16H,6,9,12,14H2,1-2H3,(H,23,25)(H,24,26)/t15-,16+/m0/s1. The Balaban J connectivity index is 1.54. The van der Waals surface area contributed by atoms with Crippen LogP contribution >= 0.6 is 11.8 Å². The second-order valence-electron chi connectivity index (χ2n) is 7.47. The fourth-order valence-corrected chi connectivity index (χ4v) is 5.71. The lowest BCUT2D eigenvalue weighted by atomic mass is 10.1. The highest BCUT2D eigenvalue weighted by Gasteiger charge is 2.27. The van der Waals surface area contributed by atoms with Gasteiger partial charge in [-0.25, -0.2) is 8.42 Å². The number of benzene rings is 2. The maximum atomic E-state index is 12.8. The number of anilines is 1. The highest BCUT2D eigenvalue weighted by atomic mass is 32.2. The van der Waals surface area contributed by atoms with E-state index in [1.54, 1.807) is 19.9 Å². The second kappa shape index (κ2) is 9.66. The number of hydrogen-bond acceptors (Lipinski definition) is 5. The van der Waals surface area contributed by atoms with E-state index in [1.807, 2.05) is 30.3 Å². The van der Waals surface area contributed by atoms with Crippen LogP contribution in [0.4, 0.5) is 5.69 Å². The average molecular weight is 447 g/mol. The molecule has 0 spiro atoms. The summed E-state index contributed by atoms with van der Waals surface area (Å²) >= 11 is 1.40. The number of carbonyl (C=O) groups is 2. The van der Waals surface area contributed by atoms with Gasteiger partial charge in [-0.05, 0) is 43.5 Å². The lowest BCUT2D eigenvalue weighted by Gasteiger charge is -2.22. The van der Waals surface area contributed by atoms with Crippen LogP contribution in [0.1, 0.15) is 25.8 Å². The van der Waals surface area contributed by atoms with E-state index < -0.39 is 15.8 Å². The SMILES string of the molecule is C[C@@H](CS(=O)(=O)c1ccc2c(c1)NC(=O)[C@@H](C)S2)C(=O)NCCCc1ccccc1. The van der Waals surface area contributed by atoms with Gasteiger partial charge in [0.15, 0.2) is 9.84 Å². The van der Waals surface area contributed by atoms with Gasteiger partial charge in [0.1, 0.15) is 0 Å². The molecule has 2 amide bonds. The first kappa shape index (κ1) is 22.4. The van der Waals surface area contributed by atoms with E-state index in [1.165, 1.54) is 29.5 Å². The molecule has 2 aromatic rings. The van der Waals surface area contributed by atoms with Crippen molar-refractivity contribution in [1.29, 1.82) is 0 Å². The van der Waals surface area contributed by atoms with Gasteiger partial charge in [0.25, 0.3) is 0 Å². The molecule has 1 heterocycles. The van der Waals surface area contributed by atoms with Gasteiger partial charge in [0.05, 0.1) is 21.6 Å². The Labute approximate surface area is 181 Å². The van der Waals surface area contributed by atoms with Gasteiger partial charge >= 0.3 is 0 Å². The minimum atomic E-state index is -3.66. The van der Waals surface area contributed by atoms with Gasteiger partial charge in [-0.3, -0.25) is 9.59 Å². The van der Waals surface area contributed by atoms with Crippen molar-refractivity contribution in [2.75, 3.05) is 17.6 Å². The van der Waals surface area contributed by atoms with Crippen molar-refractivity contribution in [3.8, 4) is 0 Å². The molecule has 160 valence electrons. The Morgan fingerprint density at radius 1 is 1.20 bits per heavy atom. The van der Waals surface area contributed by atoms with Gasteiger partial charge < -0.3 is 10.6 Å². The van der Waals surface area contributed by atoms with E-state index in [4.69, 9.17) is 0 Å². The molecular weight excluding hydrogens is 420 g/mol. The first-order valence-electron chi connectivity index (χ1n) is 9.92. The molecular formula is C22H26N2O4S2. The van der Waals surface area contributed by atoms with Crippen LogP contribution in [0, 0.1) is 5.92 Å². The molecule has 0 saturated heterocycles. The first-order chi connectivity index (χ1) is 14.3. The molecule has 1 aliphatic heterocycles. The van der Waals surface area contributed by atoms with Crippen molar-refractivity contribution in [3.05, 3.63) is 54.1 Å². The van der Waals surface area contributed by atoms with Crippen LogP contribution in [0.3, 0.4) is 0 Å². The Bertz CT molecular complexity index is 1020. The Kier molecular flexibility index (Phi) is 7.20. The number of nitrogens with one attached hydrogen (secondary N) is 2. The van der Waals surface area contributed by atoms with Crippen LogP contribution in [0.25, 0.3) is 0 Å². The molecule has 0 fully saturated rings. The molecule has 0 radical (unpaired) electrons. The normalized spacial score (nSPS) is 17.0. The molecule has 2 N–H and O–H groups in total. The summed E-state index contributed by atoms with van der Waals surface area (Å²) in [6.45, 7) is 3.91. The molecule has 0 saturated carbocycles. The van der Waals surface area contributed by atoms with E-state index in [2.05, 4.69) is 10.6 Å². The van der Waals surface area contributed by atoms with Gasteiger partial charge in [-0.1, -0.05) is 37.3 Å². The third-order valence-corrected chi connectivity index (χ3v) is 8.03. The van der Waals surface area contributed by atoms with E-state index in [0.29, 0.717) is 12.2 Å². The molecule has 0 aromatic heterocycles. The van der Waals surface area contributed by atoms with Crippen molar-refractivity contribution in [2.45, 2.75) is 41.7 Å². The zero-order valence-corrected chi connectivity index (χ0v) is 18.7. The van der Waals surface area contributed by atoms with Crippen LogP contribution in [0.5, 0.6) is 0 Å². The third kappa shape index (κ3) is 5.64. The number of sulfone groups is 1. The summed E-state index contributed by atoms with van der Waals surface area (Å²) < 4.78 is 25.6. The van der Waals surface area contributed by atoms with E-state index in [0.717, 1.165) is 17.7 Å². The van der Waals surface area contributed by atoms with E-state index >= 15 is 0 Å². The van der Waals surface area contributed by atoms with Gasteiger partial charge in [0, 0.05) is 17.4 Å². The highest BCUT2D eigenvalue weighted by molar-refractivity contribution is 8.01. The van der Waals surface area contributed by atoms with Crippen LogP contribution in [-0.4, -0.2) is 37.8 Å². The molecule has 2 atom stereocenters. The summed E-state index contributed by atoms with van der Waals surface area (Å²) in [5, 5.41) is 5.35. The predicted octanol–water partition coefficient (Wildman–Crippen LogP) is 3.28. The summed E-state index contributed by atoms with van der Waals surface area (Å²) in [6, 6.07) is 14.7. The molecule has 1 aliphatic rings. The number of aryl methyl sites for hydroxylation is 1. The van der Waals surface area contributed by atoms with E-state index in [-0.39, 0.29) is 27.7 Å². The molecule has 3 rings (SSSR count). The Hall–Kier alpha value is -2.32. The summed E-state index contributed by atoms with van der Waals surface area (Å²) in [7, 11) is -3.66. The van der Waals surface area contributed by atoms with Gasteiger partial charge in [-0.15, -0.1) is 11.8 Å². The monoisotopic (exact) mass is 446 g/mol. The molecule has 0 unspecified atom stereocenters. The van der Waals surface area contributed by atoms with Crippen LogP contribution < -0.4 is 10.6 Å². The second-order valence-corrected chi connectivity index (χ2v) is 10.9. The van der Waals surface area contributed by atoms with Crippen molar-refractivity contribution in [2.24, 2.45) is 5.92 Å². The number of carbonyl (C=O) groups excluding carboxylic acids is 2. The summed E-state index contributed by atoms with van der Waals surface area (Å²) in [6.07, 6.45) is 1.64. The Morgan fingerprint density at radius 2 is 1.93 bits per heavy atom. The maximum Gasteiger partial charge on any atom is 0.237 e. The van der Waals surface area contributed by atoms with E-state index in [9.17, 15) is 18.0 Å². The maximum absolute atomic E-state index is 12.8. The number of fused-ring (bicyclic) bond motifs is 1. The van der Waals surface area contributed by atoms with Crippen LogP contribution in [0.2, 0.25) is 0 Å². The van der Waals surface area contributed by atoms with Gasteiger partial charge in [-0.2, -0.15) is 0 Å². The highest BCUT2D eigenvalue weighted by Crippen LogP contribution is 2.37. The first-order valence-corrected chi connectivity index (χ1v) is 12.5. The topological polar surface area (TPSA) is 92.3 Å².